The maximum atomic E-state index is 4.68. The number of nitrogens with zero attached hydrogens (tertiary/aromatic N) is 3. The number of nitrogens with one attached hydrogen (secondary N) is 1. The van der Waals surface area contributed by atoms with Crippen molar-refractivity contribution in [3.8, 4) is 0 Å². The summed E-state index contributed by atoms with van der Waals surface area (Å²) in [7, 11) is 0. The molecule has 0 spiro atoms. The van der Waals surface area contributed by atoms with Gasteiger partial charge in [-0.05, 0) is 39.2 Å². The quantitative estimate of drug-likeness (QED) is 0.912. The predicted molar refractivity (Wildman–Crippen MR) is 77.5 cm³/mol. The largest absolute Gasteiger partial charge is 0.308 e. The Morgan fingerprint density at radius 1 is 1.37 bits per heavy atom. The van der Waals surface area contributed by atoms with E-state index >= 15 is 0 Å². The first-order valence-corrected chi connectivity index (χ1v) is 7.68. The van der Waals surface area contributed by atoms with Gasteiger partial charge in [0, 0.05) is 23.7 Å². The highest BCUT2D eigenvalue weighted by Gasteiger charge is 2.20. The van der Waals surface area contributed by atoms with Gasteiger partial charge in [-0.3, -0.25) is 4.68 Å². The van der Waals surface area contributed by atoms with Crippen molar-refractivity contribution in [2.24, 2.45) is 0 Å². The lowest BCUT2D eigenvalue weighted by molar-refractivity contribution is 0.641. The molecule has 1 aliphatic rings. The van der Waals surface area contributed by atoms with Crippen molar-refractivity contribution in [3.63, 3.8) is 0 Å². The molecule has 19 heavy (non-hydrogen) atoms. The van der Waals surface area contributed by atoms with Crippen molar-refractivity contribution in [1.82, 2.24) is 20.1 Å². The zero-order valence-corrected chi connectivity index (χ0v) is 12.5. The van der Waals surface area contributed by atoms with Crippen LogP contribution in [0.25, 0.3) is 0 Å². The summed E-state index contributed by atoms with van der Waals surface area (Å²) < 4.78 is 2.05. The van der Waals surface area contributed by atoms with E-state index in [2.05, 4.69) is 46.2 Å². The molecule has 1 aliphatic carbocycles. The highest BCUT2D eigenvalue weighted by molar-refractivity contribution is 7.09. The lowest BCUT2D eigenvalue weighted by Gasteiger charge is -2.02. The first kappa shape index (κ1) is 12.8. The Hall–Kier alpha value is -1.20. The average molecular weight is 276 g/mol. The third kappa shape index (κ3) is 2.87. The maximum absolute atomic E-state index is 4.68. The van der Waals surface area contributed by atoms with Gasteiger partial charge < -0.3 is 5.32 Å². The minimum atomic E-state index is 0.742. The lowest BCUT2D eigenvalue weighted by Crippen LogP contribution is -2.15. The molecule has 0 aliphatic heterocycles. The molecule has 2 aromatic heterocycles. The van der Waals surface area contributed by atoms with Crippen molar-refractivity contribution in [3.05, 3.63) is 33.0 Å². The van der Waals surface area contributed by atoms with Gasteiger partial charge in [0.1, 0.15) is 5.01 Å². The van der Waals surface area contributed by atoms with Crippen molar-refractivity contribution < 1.29 is 0 Å². The SMILES string of the molecule is Cc1nn(Cc2csc(CNC3CC3)n2)c(C)c1C. The molecule has 0 aromatic carbocycles. The topological polar surface area (TPSA) is 42.7 Å². The Bertz CT molecular complexity index is 580. The molecule has 2 aromatic rings. The fourth-order valence-electron chi connectivity index (χ4n) is 2.12. The summed E-state index contributed by atoms with van der Waals surface area (Å²) >= 11 is 1.74. The minimum absolute atomic E-state index is 0.742. The summed E-state index contributed by atoms with van der Waals surface area (Å²) in [6, 6.07) is 0.742. The highest BCUT2D eigenvalue weighted by atomic mass is 32.1. The Morgan fingerprint density at radius 2 is 2.16 bits per heavy atom. The molecular formula is C14H20N4S. The van der Waals surface area contributed by atoms with Gasteiger partial charge in [-0.15, -0.1) is 11.3 Å². The molecule has 0 amide bonds. The van der Waals surface area contributed by atoms with Crippen molar-refractivity contribution in [2.75, 3.05) is 0 Å². The zero-order chi connectivity index (χ0) is 13.4. The van der Waals surface area contributed by atoms with Crippen LogP contribution in [0.1, 0.15) is 40.5 Å². The zero-order valence-electron chi connectivity index (χ0n) is 11.7. The van der Waals surface area contributed by atoms with E-state index in [0.717, 1.165) is 30.5 Å². The molecule has 5 heteroatoms. The number of hydrogen-bond donors (Lipinski definition) is 1. The first-order chi connectivity index (χ1) is 9.13. The van der Waals surface area contributed by atoms with Gasteiger partial charge in [0.2, 0.25) is 0 Å². The molecule has 4 nitrogen and oxygen atoms in total. The molecule has 0 bridgehead atoms. The van der Waals surface area contributed by atoms with Crippen molar-refractivity contribution >= 4 is 11.3 Å². The van der Waals surface area contributed by atoms with Crippen LogP contribution in [0.3, 0.4) is 0 Å². The van der Waals surface area contributed by atoms with Crippen LogP contribution in [0.2, 0.25) is 0 Å². The molecule has 0 unspecified atom stereocenters. The van der Waals surface area contributed by atoms with Crippen molar-refractivity contribution in [1.29, 1.82) is 0 Å². The summed E-state index contributed by atoms with van der Waals surface area (Å²) in [5.74, 6) is 0. The van der Waals surface area contributed by atoms with Gasteiger partial charge in [0.15, 0.2) is 0 Å². The van der Waals surface area contributed by atoms with Gasteiger partial charge in [0.05, 0.1) is 17.9 Å². The Labute approximate surface area is 117 Å². The molecule has 3 rings (SSSR count). The molecule has 102 valence electrons. The highest BCUT2D eigenvalue weighted by Crippen LogP contribution is 2.20. The van der Waals surface area contributed by atoms with E-state index in [9.17, 15) is 0 Å². The van der Waals surface area contributed by atoms with Crippen LogP contribution in [0, 0.1) is 20.8 Å². The molecular weight excluding hydrogens is 256 g/mol. The van der Waals surface area contributed by atoms with E-state index in [0.29, 0.717) is 0 Å². The Morgan fingerprint density at radius 3 is 2.79 bits per heavy atom. The summed E-state index contributed by atoms with van der Waals surface area (Å²) in [5.41, 5.74) is 4.75. The molecule has 1 saturated carbocycles. The number of thiazole rings is 1. The van der Waals surface area contributed by atoms with E-state index in [1.165, 1.54) is 29.1 Å². The van der Waals surface area contributed by atoms with Crippen LogP contribution in [0.5, 0.6) is 0 Å². The molecule has 0 radical (unpaired) electrons. The van der Waals surface area contributed by atoms with Gasteiger partial charge in [-0.2, -0.15) is 5.10 Å². The average Bonchev–Trinajstić information content (AvgIpc) is 3.08. The van der Waals surface area contributed by atoms with E-state index in [-0.39, 0.29) is 0 Å². The second-order valence-electron chi connectivity index (χ2n) is 5.34. The Kier molecular flexibility index (Phi) is 3.41. The standard InChI is InChI=1S/C14H20N4S/c1-9-10(2)17-18(11(9)3)7-13-8-19-14(16-13)6-15-12-4-5-12/h8,12,15H,4-7H2,1-3H3. The third-order valence-corrected chi connectivity index (χ3v) is 4.67. The normalized spacial score (nSPS) is 15.1. The molecule has 1 N–H and O–H groups in total. The molecule has 2 heterocycles. The first-order valence-electron chi connectivity index (χ1n) is 6.80. The summed E-state index contributed by atoms with van der Waals surface area (Å²) in [6.07, 6.45) is 2.65. The minimum Gasteiger partial charge on any atom is -0.308 e. The Balaban J connectivity index is 1.66. The van der Waals surface area contributed by atoms with E-state index in [1.54, 1.807) is 11.3 Å². The maximum Gasteiger partial charge on any atom is 0.107 e. The molecule has 0 atom stereocenters. The van der Waals surface area contributed by atoms with Crippen LogP contribution in [0.4, 0.5) is 0 Å². The van der Waals surface area contributed by atoms with Gasteiger partial charge >= 0.3 is 0 Å². The van der Waals surface area contributed by atoms with Crippen LogP contribution in [0.15, 0.2) is 5.38 Å². The number of aryl methyl sites for hydroxylation is 1. The lowest BCUT2D eigenvalue weighted by atomic mass is 10.2. The second kappa shape index (κ2) is 5.06. The van der Waals surface area contributed by atoms with E-state index in [4.69, 9.17) is 0 Å². The number of aromatic nitrogens is 3. The second-order valence-corrected chi connectivity index (χ2v) is 6.28. The fraction of sp³-hybridized carbons (Fsp3) is 0.571. The number of rotatable bonds is 5. The van der Waals surface area contributed by atoms with Crippen LogP contribution < -0.4 is 5.32 Å². The summed E-state index contributed by atoms with van der Waals surface area (Å²) in [4.78, 5) is 4.68. The fourth-order valence-corrected chi connectivity index (χ4v) is 2.85. The van der Waals surface area contributed by atoms with Gasteiger partial charge in [-0.1, -0.05) is 0 Å². The summed E-state index contributed by atoms with van der Waals surface area (Å²) in [5, 5.41) is 11.4. The molecule has 1 fully saturated rings. The van der Waals surface area contributed by atoms with Crippen LogP contribution in [-0.4, -0.2) is 20.8 Å². The van der Waals surface area contributed by atoms with E-state index < -0.39 is 0 Å². The van der Waals surface area contributed by atoms with Gasteiger partial charge in [-0.25, -0.2) is 4.98 Å². The van der Waals surface area contributed by atoms with Crippen LogP contribution >= 0.6 is 11.3 Å². The van der Waals surface area contributed by atoms with E-state index in [1.807, 2.05) is 0 Å². The summed E-state index contributed by atoms with van der Waals surface area (Å²) in [6.45, 7) is 7.99. The van der Waals surface area contributed by atoms with Crippen LogP contribution in [-0.2, 0) is 13.1 Å². The monoisotopic (exact) mass is 276 g/mol. The smallest absolute Gasteiger partial charge is 0.107 e. The molecule has 0 saturated heterocycles. The third-order valence-electron chi connectivity index (χ3n) is 3.77. The van der Waals surface area contributed by atoms with Gasteiger partial charge in [0.25, 0.3) is 0 Å². The van der Waals surface area contributed by atoms with Crippen molar-refractivity contribution in [2.45, 2.75) is 52.7 Å². The predicted octanol–water partition coefficient (Wildman–Crippen LogP) is 2.57. The number of hydrogen-bond acceptors (Lipinski definition) is 4.